The summed E-state index contributed by atoms with van der Waals surface area (Å²) >= 11 is 6.18. The van der Waals surface area contributed by atoms with Crippen molar-refractivity contribution in [1.82, 2.24) is 4.57 Å². The minimum atomic E-state index is -0.348. The Labute approximate surface area is 250 Å². The zero-order valence-corrected chi connectivity index (χ0v) is 23.9. The van der Waals surface area contributed by atoms with Crippen LogP contribution in [0.2, 0.25) is 5.02 Å². The van der Waals surface area contributed by atoms with E-state index in [0.29, 0.717) is 27.4 Å². The van der Waals surface area contributed by atoms with Crippen molar-refractivity contribution < 1.29 is 14.4 Å². The highest BCUT2D eigenvalue weighted by molar-refractivity contribution is 6.31. The molecule has 1 heterocycles. The fraction of sp³-hybridized carbons (Fsp3) is 0.162. The Morgan fingerprint density at radius 2 is 1.02 bits per heavy atom. The van der Waals surface area contributed by atoms with E-state index in [-0.39, 0.29) is 40.2 Å². The third kappa shape index (κ3) is 5.26. The van der Waals surface area contributed by atoms with E-state index in [2.05, 4.69) is 0 Å². The number of nitrogens with zero attached hydrogens (tertiary/aromatic N) is 1. The monoisotopic (exact) mass is 571 g/mol. The standard InChI is InChI=1S/C37H30ClNO3/c38-29-23-21-28(22-24-29)37(42)34-32(36(41)27-17-9-3-10-18-27)31(35(40)26-15-7-2-8-16-26)33(25-13-5-1-6-14-25)39(34)30-19-11-4-12-20-30/h1-3,5-10,13-18,21-24,30H,4,11-12,19-20H2. The molecule has 5 heteroatoms. The number of rotatable bonds is 8. The smallest absolute Gasteiger partial charge is 0.210 e. The number of halogens is 1. The Morgan fingerprint density at radius 3 is 1.57 bits per heavy atom. The van der Waals surface area contributed by atoms with Gasteiger partial charge in [0.1, 0.15) is 5.69 Å². The third-order valence-electron chi connectivity index (χ3n) is 8.04. The van der Waals surface area contributed by atoms with Crippen LogP contribution in [0.25, 0.3) is 11.3 Å². The second-order valence-corrected chi connectivity index (χ2v) is 11.1. The topological polar surface area (TPSA) is 56.1 Å². The Morgan fingerprint density at radius 1 is 0.548 bits per heavy atom. The van der Waals surface area contributed by atoms with Gasteiger partial charge >= 0.3 is 0 Å². The van der Waals surface area contributed by atoms with Crippen molar-refractivity contribution in [1.29, 1.82) is 0 Å². The maximum Gasteiger partial charge on any atom is 0.210 e. The minimum absolute atomic E-state index is 0.0418. The highest BCUT2D eigenvalue weighted by atomic mass is 35.5. The molecule has 0 amide bonds. The van der Waals surface area contributed by atoms with Gasteiger partial charge in [0.15, 0.2) is 11.6 Å². The van der Waals surface area contributed by atoms with E-state index in [1.54, 1.807) is 60.7 Å². The van der Waals surface area contributed by atoms with Crippen LogP contribution >= 0.6 is 11.6 Å². The molecule has 1 aromatic heterocycles. The lowest BCUT2D eigenvalue weighted by Gasteiger charge is -2.28. The summed E-state index contributed by atoms with van der Waals surface area (Å²) in [6.07, 6.45) is 4.84. The van der Waals surface area contributed by atoms with E-state index in [0.717, 1.165) is 37.7 Å². The number of carbonyl (C=O) groups excluding carboxylic acids is 3. The fourth-order valence-electron chi connectivity index (χ4n) is 6.04. The SMILES string of the molecule is O=C(c1ccccc1)c1c(C(=O)c2ccccc2)c(-c2ccccc2)n(C2CCCCC2)c1C(=O)c1ccc(Cl)cc1. The van der Waals surface area contributed by atoms with Crippen molar-refractivity contribution in [3.63, 3.8) is 0 Å². The van der Waals surface area contributed by atoms with Crippen LogP contribution in [0.15, 0.2) is 115 Å². The van der Waals surface area contributed by atoms with Gasteiger partial charge in [0, 0.05) is 27.8 Å². The van der Waals surface area contributed by atoms with Gasteiger partial charge in [0.25, 0.3) is 0 Å². The van der Waals surface area contributed by atoms with Crippen LogP contribution in [-0.4, -0.2) is 21.9 Å². The molecule has 0 aliphatic heterocycles. The first-order valence-electron chi connectivity index (χ1n) is 14.4. The van der Waals surface area contributed by atoms with Crippen LogP contribution in [0.4, 0.5) is 0 Å². The number of aromatic nitrogens is 1. The highest BCUT2D eigenvalue weighted by Gasteiger charge is 2.38. The summed E-state index contributed by atoms with van der Waals surface area (Å²) in [5.41, 5.74) is 3.38. The molecule has 0 radical (unpaired) electrons. The minimum Gasteiger partial charge on any atom is -0.333 e. The molecule has 4 nitrogen and oxygen atoms in total. The van der Waals surface area contributed by atoms with Crippen molar-refractivity contribution in [3.8, 4) is 11.3 Å². The molecule has 0 bridgehead atoms. The second-order valence-electron chi connectivity index (χ2n) is 10.7. The zero-order chi connectivity index (χ0) is 29.1. The summed E-state index contributed by atoms with van der Waals surface area (Å²) < 4.78 is 2.03. The van der Waals surface area contributed by atoms with E-state index in [1.807, 2.05) is 59.2 Å². The quantitative estimate of drug-likeness (QED) is 0.175. The van der Waals surface area contributed by atoms with Crippen molar-refractivity contribution in [2.45, 2.75) is 38.1 Å². The van der Waals surface area contributed by atoms with Gasteiger partial charge in [-0.3, -0.25) is 14.4 Å². The molecular weight excluding hydrogens is 542 g/mol. The molecule has 4 aromatic carbocycles. The molecule has 0 unspecified atom stereocenters. The summed E-state index contributed by atoms with van der Waals surface area (Å²) in [5.74, 6) is -0.937. The van der Waals surface area contributed by atoms with Gasteiger partial charge in [-0.15, -0.1) is 0 Å². The Balaban J connectivity index is 1.74. The van der Waals surface area contributed by atoms with Gasteiger partial charge in [-0.25, -0.2) is 0 Å². The van der Waals surface area contributed by atoms with Crippen molar-refractivity contribution in [2.75, 3.05) is 0 Å². The van der Waals surface area contributed by atoms with Crippen LogP contribution in [0.1, 0.15) is 86.0 Å². The van der Waals surface area contributed by atoms with Crippen LogP contribution in [0, 0.1) is 0 Å². The molecule has 6 rings (SSSR count). The van der Waals surface area contributed by atoms with Gasteiger partial charge in [-0.2, -0.15) is 0 Å². The molecule has 0 saturated heterocycles. The van der Waals surface area contributed by atoms with E-state index >= 15 is 0 Å². The summed E-state index contributed by atoms with van der Waals surface area (Å²) in [7, 11) is 0. The average molecular weight is 572 g/mol. The maximum absolute atomic E-state index is 14.6. The largest absolute Gasteiger partial charge is 0.333 e. The summed E-state index contributed by atoms with van der Waals surface area (Å²) in [6.45, 7) is 0. The molecule has 208 valence electrons. The number of hydrogen-bond acceptors (Lipinski definition) is 3. The van der Waals surface area contributed by atoms with E-state index < -0.39 is 0 Å². The zero-order valence-electron chi connectivity index (χ0n) is 23.1. The molecule has 1 aliphatic rings. The van der Waals surface area contributed by atoms with E-state index in [4.69, 9.17) is 11.6 Å². The molecule has 1 aliphatic carbocycles. The lowest BCUT2D eigenvalue weighted by atomic mass is 9.90. The van der Waals surface area contributed by atoms with Crippen LogP contribution in [-0.2, 0) is 0 Å². The van der Waals surface area contributed by atoms with Crippen molar-refractivity contribution in [2.24, 2.45) is 0 Å². The highest BCUT2D eigenvalue weighted by Crippen LogP contribution is 2.42. The van der Waals surface area contributed by atoms with Crippen LogP contribution < -0.4 is 0 Å². The lowest BCUT2D eigenvalue weighted by molar-refractivity contribution is 0.0988. The first kappa shape index (κ1) is 27.6. The van der Waals surface area contributed by atoms with Crippen LogP contribution in [0.5, 0.6) is 0 Å². The molecule has 42 heavy (non-hydrogen) atoms. The van der Waals surface area contributed by atoms with E-state index in [9.17, 15) is 14.4 Å². The summed E-state index contributed by atoms with van der Waals surface area (Å²) in [5, 5.41) is 0.514. The first-order chi connectivity index (χ1) is 20.5. The van der Waals surface area contributed by atoms with Gasteiger partial charge in [-0.1, -0.05) is 122 Å². The predicted molar refractivity (Wildman–Crippen MR) is 167 cm³/mol. The molecule has 0 spiro atoms. The Hall–Kier alpha value is -4.54. The second kappa shape index (κ2) is 12.1. The summed E-state index contributed by atoms with van der Waals surface area (Å²) in [4.78, 5) is 43.7. The number of ketones is 3. The van der Waals surface area contributed by atoms with Crippen molar-refractivity contribution in [3.05, 3.63) is 154 Å². The normalized spacial score (nSPS) is 13.5. The van der Waals surface area contributed by atoms with Gasteiger partial charge < -0.3 is 4.57 Å². The predicted octanol–water partition coefficient (Wildman–Crippen LogP) is 9.01. The number of hydrogen-bond donors (Lipinski definition) is 0. The Bertz CT molecular complexity index is 1730. The number of benzene rings is 4. The first-order valence-corrected chi connectivity index (χ1v) is 14.8. The molecule has 5 aromatic rings. The Kier molecular flexibility index (Phi) is 7.98. The molecule has 1 fully saturated rings. The molecular formula is C37H30ClNO3. The molecule has 0 atom stereocenters. The molecule has 0 N–H and O–H groups in total. The van der Waals surface area contributed by atoms with Crippen molar-refractivity contribution >= 4 is 29.0 Å². The summed E-state index contributed by atoms with van der Waals surface area (Å²) in [6, 6.07) is 34.2. The lowest BCUT2D eigenvalue weighted by Crippen LogP contribution is -2.21. The van der Waals surface area contributed by atoms with Gasteiger partial charge in [0.05, 0.1) is 16.8 Å². The van der Waals surface area contributed by atoms with Gasteiger partial charge in [0.2, 0.25) is 5.78 Å². The average Bonchev–Trinajstić information content (AvgIpc) is 3.42. The van der Waals surface area contributed by atoms with Crippen LogP contribution in [0.3, 0.4) is 0 Å². The molecule has 1 saturated carbocycles. The number of carbonyl (C=O) groups is 3. The van der Waals surface area contributed by atoms with E-state index in [1.165, 1.54) is 0 Å². The fourth-order valence-corrected chi connectivity index (χ4v) is 6.17. The van der Waals surface area contributed by atoms with Gasteiger partial charge in [-0.05, 0) is 42.7 Å². The third-order valence-corrected chi connectivity index (χ3v) is 8.29. The maximum atomic E-state index is 14.6.